The molecule has 5 nitrogen and oxygen atoms in total. The van der Waals surface area contributed by atoms with Crippen molar-refractivity contribution < 1.29 is 9.59 Å². The summed E-state index contributed by atoms with van der Waals surface area (Å²) >= 11 is 1.66. The first kappa shape index (κ1) is 20.6. The van der Waals surface area contributed by atoms with Gasteiger partial charge in [-0.2, -0.15) is 0 Å². The van der Waals surface area contributed by atoms with Crippen LogP contribution in [-0.4, -0.2) is 41.9 Å². The Balaban J connectivity index is 1.46. The molecule has 0 spiro atoms. The quantitative estimate of drug-likeness (QED) is 0.615. The third-order valence-corrected chi connectivity index (χ3v) is 6.67. The molecule has 0 radical (unpaired) electrons. The Morgan fingerprint density at radius 3 is 2.47 bits per heavy atom. The molecule has 2 heterocycles. The van der Waals surface area contributed by atoms with Gasteiger partial charge in [0.15, 0.2) is 0 Å². The normalized spacial score (nSPS) is 15.8. The second kappa shape index (κ2) is 9.41. The number of carbonyl (C=O) groups is 2. The number of fused-ring (bicyclic) bond motifs is 1. The van der Waals surface area contributed by atoms with E-state index in [9.17, 15) is 9.59 Å². The lowest BCUT2D eigenvalue weighted by molar-refractivity contribution is -0.135. The minimum atomic E-state index is -0.701. The topological polar surface area (TPSA) is 75.4 Å². The molecule has 0 aliphatic carbocycles. The highest BCUT2D eigenvalue weighted by Crippen LogP contribution is 2.26. The van der Waals surface area contributed by atoms with Crippen molar-refractivity contribution in [3.8, 4) is 0 Å². The first-order valence-electron chi connectivity index (χ1n) is 10.5. The van der Waals surface area contributed by atoms with Gasteiger partial charge in [-0.1, -0.05) is 48.5 Å². The molecule has 0 unspecified atom stereocenters. The number of hydrogen-bond donors (Lipinski definition) is 2. The minimum absolute atomic E-state index is 0.0158. The number of nitrogens with two attached hydrogens (primary N) is 1. The average molecular weight is 422 g/mol. The molecular formula is C24H27N3O2S. The maximum atomic E-state index is 13.1. The van der Waals surface area contributed by atoms with Gasteiger partial charge < -0.3 is 16.0 Å². The van der Waals surface area contributed by atoms with Gasteiger partial charge in [0.25, 0.3) is 0 Å². The molecule has 30 heavy (non-hydrogen) atoms. The Labute approximate surface area is 180 Å². The SMILES string of the molecule is N[C@@H](Cc1csc2ccccc12)C(=O)N[C@@H](Cc1ccccc1)C(=O)N1CCCC1. The Hall–Kier alpha value is -2.70. The van der Waals surface area contributed by atoms with Gasteiger partial charge in [-0.3, -0.25) is 9.59 Å². The van der Waals surface area contributed by atoms with Gasteiger partial charge in [0, 0.05) is 24.2 Å². The summed E-state index contributed by atoms with van der Waals surface area (Å²) < 4.78 is 1.19. The van der Waals surface area contributed by atoms with E-state index in [0.717, 1.165) is 42.4 Å². The van der Waals surface area contributed by atoms with E-state index in [1.165, 1.54) is 4.70 Å². The summed E-state index contributed by atoms with van der Waals surface area (Å²) in [6.45, 7) is 1.51. The Kier molecular flexibility index (Phi) is 6.45. The second-order valence-corrected chi connectivity index (χ2v) is 8.76. The first-order valence-corrected chi connectivity index (χ1v) is 11.3. The zero-order valence-electron chi connectivity index (χ0n) is 16.9. The number of rotatable bonds is 7. The number of nitrogens with one attached hydrogen (secondary N) is 1. The van der Waals surface area contributed by atoms with E-state index in [4.69, 9.17) is 5.73 Å². The van der Waals surface area contributed by atoms with Crippen LogP contribution in [-0.2, 0) is 22.4 Å². The predicted octanol–water partition coefficient (Wildman–Crippen LogP) is 3.12. The van der Waals surface area contributed by atoms with Crippen LogP contribution in [0.15, 0.2) is 60.0 Å². The van der Waals surface area contributed by atoms with E-state index >= 15 is 0 Å². The van der Waals surface area contributed by atoms with Crippen LogP contribution in [0, 0.1) is 0 Å². The molecule has 3 aromatic rings. The number of carbonyl (C=O) groups excluding carboxylic acids is 2. The first-order chi connectivity index (χ1) is 14.6. The maximum absolute atomic E-state index is 13.1. The summed E-state index contributed by atoms with van der Waals surface area (Å²) in [6, 6.07) is 16.6. The van der Waals surface area contributed by atoms with Gasteiger partial charge >= 0.3 is 0 Å². The number of thiophene rings is 1. The van der Waals surface area contributed by atoms with Crippen LogP contribution in [0.1, 0.15) is 24.0 Å². The van der Waals surface area contributed by atoms with Gasteiger partial charge in [-0.25, -0.2) is 0 Å². The van der Waals surface area contributed by atoms with Gasteiger partial charge in [0.1, 0.15) is 6.04 Å². The van der Waals surface area contributed by atoms with Crippen molar-refractivity contribution in [2.45, 2.75) is 37.8 Å². The fourth-order valence-corrected chi connectivity index (χ4v) is 4.98. The molecule has 1 fully saturated rings. The molecule has 0 bridgehead atoms. The Morgan fingerprint density at radius 2 is 1.70 bits per heavy atom. The minimum Gasteiger partial charge on any atom is -0.343 e. The lowest BCUT2D eigenvalue weighted by Gasteiger charge is -2.25. The van der Waals surface area contributed by atoms with Crippen molar-refractivity contribution >= 4 is 33.2 Å². The number of nitrogens with zero attached hydrogens (tertiary/aromatic N) is 1. The third-order valence-electron chi connectivity index (χ3n) is 5.65. The summed E-state index contributed by atoms with van der Waals surface area (Å²) in [7, 11) is 0. The van der Waals surface area contributed by atoms with E-state index in [-0.39, 0.29) is 11.8 Å². The molecule has 2 atom stereocenters. The summed E-state index contributed by atoms with van der Waals surface area (Å²) in [5.74, 6) is -0.295. The number of amides is 2. The van der Waals surface area contributed by atoms with Crippen molar-refractivity contribution in [3.63, 3.8) is 0 Å². The Bertz CT molecular complexity index is 1010. The summed E-state index contributed by atoms with van der Waals surface area (Å²) in [4.78, 5) is 27.8. The second-order valence-electron chi connectivity index (χ2n) is 7.85. The molecule has 1 aromatic heterocycles. The highest BCUT2D eigenvalue weighted by molar-refractivity contribution is 7.17. The van der Waals surface area contributed by atoms with Crippen LogP contribution in [0.3, 0.4) is 0 Å². The molecule has 1 saturated heterocycles. The molecule has 1 aliphatic rings. The van der Waals surface area contributed by atoms with Crippen LogP contribution in [0.25, 0.3) is 10.1 Å². The molecule has 156 valence electrons. The summed E-state index contributed by atoms with van der Waals surface area (Å²) in [5, 5.41) is 6.15. The molecule has 1 aliphatic heterocycles. The number of hydrogen-bond acceptors (Lipinski definition) is 4. The fraction of sp³-hybridized carbons (Fsp3) is 0.333. The van der Waals surface area contributed by atoms with E-state index in [1.807, 2.05) is 47.4 Å². The van der Waals surface area contributed by atoms with Crippen LogP contribution >= 0.6 is 11.3 Å². The molecule has 4 rings (SSSR count). The average Bonchev–Trinajstić information content (AvgIpc) is 3.44. The molecular weight excluding hydrogens is 394 g/mol. The van der Waals surface area contributed by atoms with Crippen molar-refractivity contribution in [2.24, 2.45) is 5.73 Å². The largest absolute Gasteiger partial charge is 0.343 e. The molecule has 2 amide bonds. The van der Waals surface area contributed by atoms with E-state index < -0.39 is 12.1 Å². The van der Waals surface area contributed by atoms with Gasteiger partial charge in [0.05, 0.1) is 6.04 Å². The van der Waals surface area contributed by atoms with Crippen molar-refractivity contribution in [1.29, 1.82) is 0 Å². The summed E-state index contributed by atoms with van der Waals surface area (Å²) in [5.41, 5.74) is 8.36. The standard InChI is InChI=1S/C24H27N3O2S/c25-20(15-18-16-30-22-11-5-4-10-19(18)22)23(28)26-21(14-17-8-2-1-3-9-17)24(29)27-12-6-7-13-27/h1-5,8-11,16,20-21H,6-7,12-15,25H2,(H,26,28)/t20-,21-/m0/s1. The summed E-state index contributed by atoms with van der Waals surface area (Å²) in [6.07, 6.45) is 2.95. The fourth-order valence-electron chi connectivity index (χ4n) is 4.01. The zero-order valence-corrected chi connectivity index (χ0v) is 17.7. The van der Waals surface area contributed by atoms with E-state index in [1.54, 1.807) is 11.3 Å². The van der Waals surface area contributed by atoms with E-state index in [0.29, 0.717) is 12.8 Å². The van der Waals surface area contributed by atoms with Crippen LogP contribution in [0.4, 0.5) is 0 Å². The molecule has 0 saturated carbocycles. The smallest absolute Gasteiger partial charge is 0.245 e. The van der Waals surface area contributed by atoms with Crippen LogP contribution in [0.5, 0.6) is 0 Å². The molecule has 3 N–H and O–H groups in total. The van der Waals surface area contributed by atoms with Crippen LogP contribution < -0.4 is 11.1 Å². The highest BCUT2D eigenvalue weighted by atomic mass is 32.1. The van der Waals surface area contributed by atoms with Gasteiger partial charge in [-0.15, -0.1) is 11.3 Å². The van der Waals surface area contributed by atoms with Gasteiger partial charge in [0.2, 0.25) is 11.8 Å². The molecule has 6 heteroatoms. The molecule has 2 aromatic carbocycles. The highest BCUT2D eigenvalue weighted by Gasteiger charge is 2.29. The van der Waals surface area contributed by atoms with E-state index in [2.05, 4.69) is 22.8 Å². The van der Waals surface area contributed by atoms with Crippen molar-refractivity contribution in [2.75, 3.05) is 13.1 Å². The maximum Gasteiger partial charge on any atom is 0.245 e. The predicted molar refractivity (Wildman–Crippen MR) is 121 cm³/mol. The lowest BCUT2D eigenvalue weighted by atomic mass is 10.0. The lowest BCUT2D eigenvalue weighted by Crippen LogP contribution is -2.53. The van der Waals surface area contributed by atoms with Gasteiger partial charge in [-0.05, 0) is 47.2 Å². The Morgan fingerprint density at radius 1 is 1.00 bits per heavy atom. The third kappa shape index (κ3) is 4.71. The number of likely N-dealkylation sites (tertiary alicyclic amines) is 1. The number of benzene rings is 2. The van der Waals surface area contributed by atoms with Crippen molar-refractivity contribution in [1.82, 2.24) is 10.2 Å². The zero-order chi connectivity index (χ0) is 20.9. The monoisotopic (exact) mass is 421 g/mol. The van der Waals surface area contributed by atoms with Crippen molar-refractivity contribution in [3.05, 3.63) is 71.1 Å². The van der Waals surface area contributed by atoms with Crippen LogP contribution in [0.2, 0.25) is 0 Å².